The van der Waals surface area contributed by atoms with Crippen LogP contribution in [0.1, 0.15) is 34.6 Å². The molecule has 0 aliphatic rings. The normalized spacial score (nSPS) is 7.12. The lowest BCUT2D eigenvalue weighted by Crippen LogP contribution is -1.96. The van der Waals surface area contributed by atoms with Gasteiger partial charge in [-0.15, -0.1) is 32.9 Å². The van der Waals surface area contributed by atoms with Crippen molar-refractivity contribution in [3.05, 3.63) is 93.6 Å². The fourth-order valence-corrected chi connectivity index (χ4v) is 1.09. The molecule has 0 bridgehead atoms. The van der Waals surface area contributed by atoms with Crippen molar-refractivity contribution in [3.8, 4) is 0 Å². The minimum atomic E-state index is -4.00. The molecule has 144 valence electrons. The van der Waals surface area contributed by atoms with Gasteiger partial charge >= 0.3 is 0 Å². The summed E-state index contributed by atoms with van der Waals surface area (Å²) < 4.78 is 29.2. The van der Waals surface area contributed by atoms with Crippen LogP contribution in [0.4, 0.5) is 0 Å². The van der Waals surface area contributed by atoms with Crippen LogP contribution in [0.3, 0.4) is 0 Å². The highest BCUT2D eigenvalue weighted by atomic mass is 32.2. The quantitative estimate of drug-likeness (QED) is 0.433. The van der Waals surface area contributed by atoms with Crippen molar-refractivity contribution in [2.24, 2.45) is 0 Å². The molecule has 0 heterocycles. The Hall–Kier alpha value is -2.17. The van der Waals surface area contributed by atoms with Crippen LogP contribution in [0.2, 0.25) is 0 Å². The van der Waals surface area contributed by atoms with Gasteiger partial charge in [-0.1, -0.05) is 48.6 Å². The van der Waals surface area contributed by atoms with E-state index >= 15 is 0 Å². The lowest BCUT2D eigenvalue weighted by molar-refractivity contribution is 0.483. The lowest BCUT2D eigenvalue weighted by atomic mass is 10.4. The van der Waals surface area contributed by atoms with E-state index in [0.717, 1.165) is 0 Å². The van der Waals surface area contributed by atoms with E-state index in [1.807, 2.05) is 34.6 Å². The molecule has 1 N–H and O–H groups in total. The Balaban J connectivity index is -0.0000000747. The van der Waals surface area contributed by atoms with Crippen LogP contribution in [0, 0.1) is 0 Å². The maximum absolute atomic E-state index is 10.4. The molecule has 1 aromatic carbocycles. The third-order valence-corrected chi connectivity index (χ3v) is 1.91. The topological polar surface area (TPSA) is 54.4 Å². The number of benzene rings is 1. The van der Waals surface area contributed by atoms with E-state index in [1.165, 1.54) is 12.1 Å². The summed E-state index contributed by atoms with van der Waals surface area (Å²) in [6, 6.07) is 7.42. The molecule has 1 aromatic rings. The average Bonchev–Trinajstić information content (AvgIpc) is 2.51. The van der Waals surface area contributed by atoms with E-state index < -0.39 is 10.1 Å². The van der Waals surface area contributed by atoms with Crippen molar-refractivity contribution < 1.29 is 13.0 Å². The van der Waals surface area contributed by atoms with Gasteiger partial charge in [0.25, 0.3) is 10.1 Å². The molecule has 0 aromatic heterocycles. The Bertz CT molecular complexity index is 466. The molecule has 0 aliphatic carbocycles. The largest absolute Gasteiger partial charge is 0.294 e. The van der Waals surface area contributed by atoms with E-state index in [-0.39, 0.29) is 4.90 Å². The molecule has 0 fully saturated rings. The minimum Gasteiger partial charge on any atom is -0.282 e. The Morgan fingerprint density at radius 3 is 1.00 bits per heavy atom. The molecule has 4 heteroatoms. The van der Waals surface area contributed by atoms with Crippen molar-refractivity contribution in [3.63, 3.8) is 0 Å². The van der Waals surface area contributed by atoms with Crippen LogP contribution < -0.4 is 0 Å². The van der Waals surface area contributed by atoms with Crippen LogP contribution in [-0.2, 0) is 10.1 Å². The Kier molecular flexibility index (Phi) is 45.8. The highest BCUT2D eigenvalue weighted by Crippen LogP contribution is 2.05. The van der Waals surface area contributed by atoms with Crippen LogP contribution in [0.25, 0.3) is 0 Å². The molecule has 0 atom stereocenters. The first-order valence-electron chi connectivity index (χ1n) is 7.56. The monoisotopic (exact) mass is 368 g/mol. The van der Waals surface area contributed by atoms with Crippen molar-refractivity contribution in [2.45, 2.75) is 39.5 Å². The summed E-state index contributed by atoms with van der Waals surface area (Å²) in [5.74, 6) is 0. The van der Waals surface area contributed by atoms with Gasteiger partial charge in [0.15, 0.2) is 0 Å². The average molecular weight is 369 g/mol. The van der Waals surface area contributed by atoms with E-state index in [4.69, 9.17) is 4.55 Å². The molecule has 0 saturated heterocycles. The van der Waals surface area contributed by atoms with Crippen LogP contribution in [-0.4, -0.2) is 13.0 Å². The van der Waals surface area contributed by atoms with E-state index in [2.05, 4.69) is 32.9 Å². The number of allylic oxidation sites excluding steroid dienone is 5. The molecule has 1 rings (SSSR count). The summed E-state index contributed by atoms with van der Waals surface area (Å²) in [5.41, 5.74) is 0. The lowest BCUT2D eigenvalue weighted by Gasteiger charge is -1.92. The molecule has 0 saturated carbocycles. The number of hydrogen-bond acceptors (Lipinski definition) is 2. The van der Waals surface area contributed by atoms with E-state index in [9.17, 15) is 8.42 Å². The number of rotatable bonds is 1. The zero-order chi connectivity index (χ0) is 21.1. The van der Waals surface area contributed by atoms with Gasteiger partial charge in [-0.25, -0.2) is 0 Å². The van der Waals surface area contributed by atoms with Gasteiger partial charge in [0.05, 0.1) is 4.90 Å². The van der Waals surface area contributed by atoms with Gasteiger partial charge in [0, 0.05) is 0 Å². The van der Waals surface area contributed by atoms with Crippen LogP contribution in [0.5, 0.6) is 0 Å². The van der Waals surface area contributed by atoms with Gasteiger partial charge < -0.3 is 0 Å². The first-order valence-corrected chi connectivity index (χ1v) is 9.00. The van der Waals surface area contributed by atoms with Crippen molar-refractivity contribution in [1.82, 2.24) is 0 Å². The Labute approximate surface area is 156 Å². The van der Waals surface area contributed by atoms with Crippen molar-refractivity contribution in [2.75, 3.05) is 0 Å². The maximum atomic E-state index is 10.4. The second-order valence-corrected chi connectivity index (χ2v) is 5.25. The fourth-order valence-electron chi connectivity index (χ4n) is 0.592. The summed E-state index contributed by atoms with van der Waals surface area (Å²) in [6.45, 7) is 26.2. The smallest absolute Gasteiger partial charge is 0.282 e. The molecule has 0 aliphatic heterocycles. The third kappa shape index (κ3) is 61.3. The van der Waals surface area contributed by atoms with E-state index in [1.54, 1.807) is 48.6 Å². The summed E-state index contributed by atoms with van der Waals surface area (Å²) in [6.07, 6.45) is 8.75. The predicted molar refractivity (Wildman–Crippen MR) is 116 cm³/mol. The Morgan fingerprint density at radius 2 is 0.880 bits per heavy atom. The highest BCUT2D eigenvalue weighted by Gasteiger charge is 2.05. The molecular formula is C21H36O3S. The maximum Gasteiger partial charge on any atom is 0.294 e. The first kappa shape index (κ1) is 34.2. The molecular weight excluding hydrogens is 332 g/mol. The van der Waals surface area contributed by atoms with Crippen molar-refractivity contribution >= 4 is 10.1 Å². The molecule has 0 unspecified atom stereocenters. The zero-order valence-electron chi connectivity index (χ0n) is 16.5. The summed E-state index contributed by atoms with van der Waals surface area (Å²) >= 11 is 0. The second kappa shape index (κ2) is 33.4. The third-order valence-electron chi connectivity index (χ3n) is 1.04. The standard InChI is InChI=1S/C6H6O3S.5C3H6/c7-10(8,9)6-4-2-1-3-5-6;5*1-3-2/h1-5H,(H,7,8,9);5*3H,1H2,2H3. The summed E-state index contributed by atoms with van der Waals surface area (Å²) in [7, 11) is -4.00. The summed E-state index contributed by atoms with van der Waals surface area (Å²) in [5, 5.41) is 0. The first-order chi connectivity index (χ1) is 11.7. The SMILES string of the molecule is C=CC.C=CC.C=CC.C=CC.C=CC.O=S(=O)(O)c1ccccc1. The zero-order valence-corrected chi connectivity index (χ0v) is 17.3. The summed E-state index contributed by atoms with van der Waals surface area (Å²) in [4.78, 5) is -0.0741. The fraction of sp³-hybridized carbons (Fsp3) is 0.238. The van der Waals surface area contributed by atoms with E-state index in [0.29, 0.717) is 0 Å². The second-order valence-electron chi connectivity index (χ2n) is 3.83. The molecule has 0 spiro atoms. The van der Waals surface area contributed by atoms with Gasteiger partial charge in [0.1, 0.15) is 0 Å². The van der Waals surface area contributed by atoms with Gasteiger partial charge in [-0.05, 0) is 46.8 Å². The van der Waals surface area contributed by atoms with Crippen molar-refractivity contribution in [1.29, 1.82) is 0 Å². The number of hydrogen-bond donors (Lipinski definition) is 1. The minimum absolute atomic E-state index is 0.0741. The molecule has 0 amide bonds. The van der Waals surface area contributed by atoms with Gasteiger partial charge in [0.2, 0.25) is 0 Å². The van der Waals surface area contributed by atoms with Gasteiger partial charge in [-0.2, -0.15) is 8.42 Å². The highest BCUT2D eigenvalue weighted by molar-refractivity contribution is 7.85. The predicted octanol–water partition coefficient (Wildman–Crippen LogP) is 6.89. The molecule has 0 radical (unpaired) electrons. The molecule has 25 heavy (non-hydrogen) atoms. The van der Waals surface area contributed by atoms with Crippen LogP contribution in [0.15, 0.2) is 98.5 Å². The van der Waals surface area contributed by atoms with Gasteiger partial charge in [-0.3, -0.25) is 4.55 Å². The van der Waals surface area contributed by atoms with Crippen LogP contribution >= 0.6 is 0 Å². The Morgan fingerprint density at radius 1 is 0.680 bits per heavy atom. The molecule has 3 nitrogen and oxygen atoms in total.